The number of phenolic OH excluding ortho intramolecular Hbond substituents is 1. The average molecular weight is 483 g/mol. The molecule has 0 aromatic heterocycles. The molecule has 5 unspecified atom stereocenters. The fourth-order valence-electron chi connectivity index (χ4n) is 3.00. The number of aliphatic hydroxyl groups excluding tert-OH is 2. The largest absolute Gasteiger partial charge is 0.508 e. The summed E-state index contributed by atoms with van der Waals surface area (Å²) in [4.78, 5) is 49.2. The highest BCUT2D eigenvalue weighted by atomic mass is 16.4. The highest BCUT2D eigenvalue weighted by Crippen LogP contribution is 2.12. The molecular weight excluding hydrogens is 448 g/mol. The van der Waals surface area contributed by atoms with Gasteiger partial charge in [0.05, 0.1) is 12.7 Å². The second-order valence-electron chi connectivity index (χ2n) is 8.47. The van der Waals surface area contributed by atoms with E-state index in [1.165, 1.54) is 31.2 Å². The maximum absolute atomic E-state index is 12.9. The third-order valence-electron chi connectivity index (χ3n) is 4.97. The van der Waals surface area contributed by atoms with E-state index in [1.807, 2.05) is 0 Å². The number of carbonyl (C=O) groups is 4. The predicted octanol–water partition coefficient (Wildman–Crippen LogP) is -1.78. The van der Waals surface area contributed by atoms with E-state index in [2.05, 4.69) is 16.0 Å². The van der Waals surface area contributed by atoms with Crippen LogP contribution in [0.4, 0.5) is 0 Å². The van der Waals surface area contributed by atoms with Crippen molar-refractivity contribution in [3.05, 3.63) is 29.8 Å². The number of carbonyl (C=O) groups excluding carboxylic acids is 3. The first-order valence-electron chi connectivity index (χ1n) is 10.8. The van der Waals surface area contributed by atoms with Gasteiger partial charge in [0.2, 0.25) is 17.7 Å². The van der Waals surface area contributed by atoms with Gasteiger partial charge in [0, 0.05) is 6.42 Å². The number of phenols is 1. The van der Waals surface area contributed by atoms with Crippen molar-refractivity contribution in [2.24, 2.45) is 11.7 Å². The molecule has 0 aliphatic carbocycles. The zero-order valence-corrected chi connectivity index (χ0v) is 19.4. The maximum Gasteiger partial charge on any atom is 0.326 e. The molecule has 1 aromatic carbocycles. The van der Waals surface area contributed by atoms with Gasteiger partial charge in [-0.2, -0.15) is 0 Å². The lowest BCUT2D eigenvalue weighted by Crippen LogP contribution is -2.59. The molecule has 0 aliphatic rings. The Hall–Kier alpha value is -3.22. The van der Waals surface area contributed by atoms with Crippen LogP contribution < -0.4 is 21.7 Å². The first-order chi connectivity index (χ1) is 15.8. The van der Waals surface area contributed by atoms with Crippen LogP contribution in [0.5, 0.6) is 5.75 Å². The summed E-state index contributed by atoms with van der Waals surface area (Å²) >= 11 is 0. The topological polar surface area (TPSA) is 211 Å². The van der Waals surface area contributed by atoms with E-state index >= 15 is 0 Å². The number of aliphatic carboxylic acids is 1. The van der Waals surface area contributed by atoms with Crippen molar-refractivity contribution >= 4 is 23.7 Å². The number of aromatic hydroxyl groups is 1. The Morgan fingerprint density at radius 1 is 0.882 bits per heavy atom. The Balaban J connectivity index is 2.93. The van der Waals surface area contributed by atoms with E-state index in [9.17, 15) is 39.6 Å². The van der Waals surface area contributed by atoms with Gasteiger partial charge in [0.25, 0.3) is 0 Å². The SMILES string of the molecule is CC(C)CC(NC(=O)C(CO)NC(=O)C(N)C(C)O)C(=O)NC(Cc1ccc(O)cc1)C(=O)O. The first kappa shape index (κ1) is 28.8. The first-order valence-corrected chi connectivity index (χ1v) is 10.8. The summed E-state index contributed by atoms with van der Waals surface area (Å²) in [5.74, 6) is -3.84. The number of benzene rings is 1. The van der Waals surface area contributed by atoms with Gasteiger partial charge in [0.15, 0.2) is 0 Å². The molecule has 0 bridgehead atoms. The van der Waals surface area contributed by atoms with E-state index in [-0.39, 0.29) is 24.5 Å². The van der Waals surface area contributed by atoms with E-state index in [4.69, 9.17) is 5.73 Å². The summed E-state index contributed by atoms with van der Waals surface area (Å²) in [6, 6.07) is 0.621. The minimum atomic E-state index is -1.44. The second kappa shape index (κ2) is 13.5. The highest BCUT2D eigenvalue weighted by molar-refractivity contribution is 5.94. The smallest absolute Gasteiger partial charge is 0.326 e. The van der Waals surface area contributed by atoms with Crippen molar-refractivity contribution in [2.75, 3.05) is 6.61 Å². The Bertz CT molecular complexity index is 844. The summed E-state index contributed by atoms with van der Waals surface area (Å²) in [5.41, 5.74) is 6.09. The Morgan fingerprint density at radius 3 is 1.85 bits per heavy atom. The van der Waals surface area contributed by atoms with E-state index < -0.39 is 60.6 Å². The number of hydrogen-bond donors (Lipinski definition) is 8. The zero-order chi connectivity index (χ0) is 26.0. The number of aliphatic hydroxyl groups is 2. The summed E-state index contributed by atoms with van der Waals surface area (Å²) in [6.07, 6.45) is -1.10. The van der Waals surface area contributed by atoms with Gasteiger partial charge in [-0.15, -0.1) is 0 Å². The molecular formula is C22H34N4O8. The number of nitrogens with one attached hydrogen (secondary N) is 3. The fraction of sp³-hybridized carbons (Fsp3) is 0.545. The number of amides is 3. The fourth-order valence-corrected chi connectivity index (χ4v) is 3.00. The number of rotatable bonds is 13. The maximum atomic E-state index is 12.9. The van der Waals surface area contributed by atoms with Crippen molar-refractivity contribution in [1.29, 1.82) is 0 Å². The summed E-state index contributed by atoms with van der Waals surface area (Å²) in [5, 5.41) is 44.9. The average Bonchev–Trinajstić information content (AvgIpc) is 2.76. The van der Waals surface area contributed by atoms with Crippen molar-refractivity contribution in [1.82, 2.24) is 16.0 Å². The van der Waals surface area contributed by atoms with Gasteiger partial charge in [-0.05, 0) is 37.0 Å². The molecule has 0 heterocycles. The molecule has 9 N–H and O–H groups in total. The minimum absolute atomic E-state index is 0.0132. The molecule has 0 spiro atoms. The quantitative estimate of drug-likeness (QED) is 0.159. The van der Waals surface area contributed by atoms with Crippen molar-refractivity contribution in [3.63, 3.8) is 0 Å². The van der Waals surface area contributed by atoms with E-state index in [0.29, 0.717) is 5.56 Å². The molecule has 5 atom stereocenters. The van der Waals surface area contributed by atoms with E-state index in [0.717, 1.165) is 0 Å². The van der Waals surface area contributed by atoms with Crippen LogP contribution in [0.15, 0.2) is 24.3 Å². The van der Waals surface area contributed by atoms with Gasteiger partial charge in [0.1, 0.15) is 29.9 Å². The van der Waals surface area contributed by atoms with Crippen LogP contribution in [-0.4, -0.2) is 81.0 Å². The van der Waals surface area contributed by atoms with Crippen LogP contribution in [0, 0.1) is 5.92 Å². The van der Waals surface area contributed by atoms with Crippen LogP contribution in [0.1, 0.15) is 32.8 Å². The predicted molar refractivity (Wildman–Crippen MR) is 121 cm³/mol. The molecule has 0 saturated carbocycles. The molecule has 0 fully saturated rings. The van der Waals surface area contributed by atoms with Crippen LogP contribution in [0.25, 0.3) is 0 Å². The van der Waals surface area contributed by atoms with Gasteiger partial charge in [-0.25, -0.2) is 4.79 Å². The third-order valence-corrected chi connectivity index (χ3v) is 4.97. The van der Waals surface area contributed by atoms with Gasteiger partial charge >= 0.3 is 5.97 Å². The minimum Gasteiger partial charge on any atom is -0.508 e. The molecule has 0 saturated heterocycles. The van der Waals surface area contributed by atoms with Gasteiger partial charge < -0.3 is 42.1 Å². The Morgan fingerprint density at radius 2 is 1.38 bits per heavy atom. The molecule has 1 aromatic rings. The molecule has 1 rings (SSSR count). The summed E-state index contributed by atoms with van der Waals surface area (Å²) < 4.78 is 0. The Kier molecular flexibility index (Phi) is 11.4. The summed E-state index contributed by atoms with van der Waals surface area (Å²) in [7, 11) is 0. The number of nitrogens with two attached hydrogens (primary N) is 1. The van der Waals surface area contributed by atoms with E-state index in [1.54, 1.807) is 13.8 Å². The van der Waals surface area contributed by atoms with Gasteiger partial charge in [-0.1, -0.05) is 26.0 Å². The molecule has 3 amide bonds. The molecule has 12 nitrogen and oxygen atoms in total. The monoisotopic (exact) mass is 482 g/mol. The number of hydrogen-bond acceptors (Lipinski definition) is 8. The van der Waals surface area contributed by atoms with Crippen LogP contribution in [0.2, 0.25) is 0 Å². The van der Waals surface area contributed by atoms with Crippen molar-refractivity contribution in [3.8, 4) is 5.75 Å². The molecule has 34 heavy (non-hydrogen) atoms. The standard InChI is InChI=1S/C22H34N4O8/c1-11(2)8-15(24-20(31)17(10-27)26-21(32)18(23)12(3)28)19(30)25-16(22(33)34)9-13-4-6-14(29)7-5-13/h4-7,11-12,15-18,27-29H,8-10,23H2,1-3H3,(H,24,31)(H,25,30)(H,26,32)(H,33,34). The molecule has 190 valence electrons. The van der Waals surface area contributed by atoms with Crippen LogP contribution in [0.3, 0.4) is 0 Å². The number of carboxylic acid groups (broad SMARTS) is 1. The molecule has 0 aliphatic heterocycles. The molecule has 12 heteroatoms. The zero-order valence-electron chi connectivity index (χ0n) is 19.4. The third kappa shape index (κ3) is 9.33. The number of carboxylic acids is 1. The highest BCUT2D eigenvalue weighted by Gasteiger charge is 2.31. The van der Waals surface area contributed by atoms with Crippen molar-refractivity contribution < 1.29 is 39.6 Å². The molecule has 0 radical (unpaired) electrons. The second-order valence-corrected chi connectivity index (χ2v) is 8.47. The Labute approximate surface area is 197 Å². The van der Waals surface area contributed by atoms with Crippen molar-refractivity contribution in [2.45, 2.75) is 63.9 Å². The van der Waals surface area contributed by atoms with Crippen LogP contribution in [-0.2, 0) is 25.6 Å². The lowest BCUT2D eigenvalue weighted by molar-refractivity contribution is -0.142. The normalized spacial score (nSPS) is 15.5. The van der Waals surface area contributed by atoms with Gasteiger partial charge in [-0.3, -0.25) is 14.4 Å². The van der Waals surface area contributed by atoms with Crippen LogP contribution >= 0.6 is 0 Å². The summed E-state index contributed by atoms with van der Waals surface area (Å²) in [6.45, 7) is 4.09. The lowest BCUT2D eigenvalue weighted by Gasteiger charge is -2.25. The lowest BCUT2D eigenvalue weighted by atomic mass is 10.0.